The van der Waals surface area contributed by atoms with E-state index in [4.69, 9.17) is 26.6 Å². The van der Waals surface area contributed by atoms with Gasteiger partial charge in [0.2, 0.25) is 0 Å². The molecular formula is C14H20BClFNO2. The second-order valence-electron chi connectivity index (χ2n) is 6.24. The maximum absolute atomic E-state index is 14.3. The average molecular weight is 300 g/mol. The molecule has 20 heavy (non-hydrogen) atoms. The van der Waals surface area contributed by atoms with E-state index in [1.54, 1.807) is 19.1 Å². The zero-order chi connectivity index (χ0) is 15.3. The summed E-state index contributed by atoms with van der Waals surface area (Å²) in [6.07, 6.45) is 0. The van der Waals surface area contributed by atoms with Crippen LogP contribution in [0.25, 0.3) is 0 Å². The van der Waals surface area contributed by atoms with Crippen LogP contribution in [0.1, 0.15) is 44.8 Å². The minimum Gasteiger partial charge on any atom is -0.402 e. The fourth-order valence-electron chi connectivity index (χ4n) is 2.16. The summed E-state index contributed by atoms with van der Waals surface area (Å²) < 4.78 is 26.0. The fourth-order valence-corrected chi connectivity index (χ4v) is 2.43. The molecule has 0 spiro atoms. The standard InChI is InChI=1S/C14H20BClFNO2/c1-8-6-7-9(16)10(11(8)17)12(18)15-19-13(2,3)14(4,5)20-15/h6-7,12H,18H2,1-5H3/t12-/m1/s1. The maximum atomic E-state index is 14.3. The molecule has 1 saturated heterocycles. The number of aryl methyl sites for hydroxylation is 1. The topological polar surface area (TPSA) is 44.5 Å². The molecule has 0 unspecified atom stereocenters. The van der Waals surface area contributed by atoms with Gasteiger partial charge in [0.1, 0.15) is 5.82 Å². The highest BCUT2D eigenvalue weighted by atomic mass is 35.5. The van der Waals surface area contributed by atoms with Gasteiger partial charge in [-0.2, -0.15) is 0 Å². The second-order valence-corrected chi connectivity index (χ2v) is 6.65. The predicted octanol–water partition coefficient (Wildman–Crippen LogP) is 3.42. The Kier molecular flexibility index (Phi) is 3.93. The molecule has 2 rings (SSSR count). The van der Waals surface area contributed by atoms with Crippen LogP contribution in [0.5, 0.6) is 0 Å². The minimum atomic E-state index is -0.775. The molecular weight excluding hydrogens is 279 g/mol. The molecule has 1 heterocycles. The molecule has 1 aromatic rings. The molecule has 0 aromatic heterocycles. The first kappa shape index (κ1) is 15.8. The fraction of sp³-hybridized carbons (Fsp3) is 0.571. The van der Waals surface area contributed by atoms with Gasteiger partial charge < -0.3 is 15.0 Å². The van der Waals surface area contributed by atoms with Crippen molar-refractivity contribution in [3.05, 3.63) is 34.1 Å². The molecule has 1 aliphatic heterocycles. The summed E-state index contributed by atoms with van der Waals surface area (Å²) in [6, 6.07) is 3.26. The van der Waals surface area contributed by atoms with Gasteiger partial charge in [-0.3, -0.25) is 0 Å². The molecule has 0 radical (unpaired) electrons. The lowest BCUT2D eigenvalue weighted by molar-refractivity contribution is 0.00578. The summed E-state index contributed by atoms with van der Waals surface area (Å²) in [6.45, 7) is 9.37. The number of nitrogens with two attached hydrogens (primary N) is 1. The zero-order valence-electron chi connectivity index (χ0n) is 12.5. The van der Waals surface area contributed by atoms with E-state index in [1.165, 1.54) is 0 Å². The highest BCUT2D eigenvalue weighted by Crippen LogP contribution is 2.41. The van der Waals surface area contributed by atoms with Crippen LogP contribution in [0, 0.1) is 12.7 Å². The number of hydrogen-bond acceptors (Lipinski definition) is 3. The first-order chi connectivity index (χ1) is 9.07. The van der Waals surface area contributed by atoms with Crippen LogP contribution in [0.15, 0.2) is 12.1 Å². The molecule has 0 aliphatic carbocycles. The quantitative estimate of drug-likeness (QED) is 0.851. The molecule has 1 aliphatic rings. The summed E-state index contributed by atoms with van der Waals surface area (Å²) in [7, 11) is -0.728. The Hall–Kier alpha value is -0.615. The smallest absolute Gasteiger partial charge is 0.402 e. The van der Waals surface area contributed by atoms with Crippen molar-refractivity contribution in [2.24, 2.45) is 5.73 Å². The van der Waals surface area contributed by atoms with Gasteiger partial charge in [0.25, 0.3) is 0 Å². The van der Waals surface area contributed by atoms with Crippen LogP contribution in [-0.2, 0) is 9.31 Å². The molecule has 0 saturated carbocycles. The number of hydrogen-bond donors (Lipinski definition) is 1. The lowest BCUT2D eigenvalue weighted by Crippen LogP contribution is -2.41. The Morgan fingerprint density at radius 3 is 2.20 bits per heavy atom. The van der Waals surface area contributed by atoms with Crippen LogP contribution >= 0.6 is 11.6 Å². The third-order valence-electron chi connectivity index (χ3n) is 4.22. The van der Waals surface area contributed by atoms with E-state index in [2.05, 4.69) is 0 Å². The normalized spacial score (nSPS) is 22.1. The van der Waals surface area contributed by atoms with E-state index >= 15 is 0 Å². The molecule has 1 aromatic carbocycles. The predicted molar refractivity (Wildman–Crippen MR) is 79.2 cm³/mol. The van der Waals surface area contributed by atoms with Crippen molar-refractivity contribution >= 4 is 18.7 Å². The van der Waals surface area contributed by atoms with Crippen molar-refractivity contribution in [1.82, 2.24) is 0 Å². The molecule has 6 heteroatoms. The van der Waals surface area contributed by atoms with E-state index in [1.807, 2.05) is 27.7 Å². The van der Waals surface area contributed by atoms with Gasteiger partial charge in [-0.1, -0.05) is 17.7 Å². The molecule has 0 amide bonds. The summed E-state index contributed by atoms with van der Waals surface area (Å²) in [4.78, 5) is 0. The van der Waals surface area contributed by atoms with Gasteiger partial charge in [0.15, 0.2) is 0 Å². The Balaban J connectivity index is 2.35. The van der Waals surface area contributed by atoms with Gasteiger partial charge >= 0.3 is 7.12 Å². The third kappa shape index (κ3) is 2.48. The first-order valence-corrected chi connectivity index (χ1v) is 7.00. The number of halogens is 2. The van der Waals surface area contributed by atoms with Crippen molar-refractivity contribution in [1.29, 1.82) is 0 Å². The Bertz CT molecular complexity index is 520. The summed E-state index contributed by atoms with van der Waals surface area (Å²) in [5, 5.41) is 0.287. The van der Waals surface area contributed by atoms with Crippen molar-refractivity contribution in [2.75, 3.05) is 0 Å². The number of rotatable bonds is 2. The SMILES string of the molecule is Cc1ccc(Cl)c([C@@H](N)B2OC(C)(C)C(C)(C)O2)c1F. The summed E-state index contributed by atoms with van der Waals surface area (Å²) in [5.74, 6) is -1.18. The van der Waals surface area contributed by atoms with Gasteiger partial charge in [-0.25, -0.2) is 4.39 Å². The van der Waals surface area contributed by atoms with Crippen LogP contribution in [0.4, 0.5) is 4.39 Å². The largest absolute Gasteiger partial charge is 0.480 e. The van der Waals surface area contributed by atoms with E-state index < -0.39 is 30.1 Å². The van der Waals surface area contributed by atoms with Crippen LogP contribution in [0.2, 0.25) is 5.02 Å². The summed E-state index contributed by atoms with van der Waals surface area (Å²) >= 11 is 6.09. The number of benzene rings is 1. The molecule has 3 nitrogen and oxygen atoms in total. The van der Waals surface area contributed by atoms with Crippen molar-refractivity contribution in [3.63, 3.8) is 0 Å². The highest BCUT2D eigenvalue weighted by Gasteiger charge is 2.54. The Labute approximate surface area is 124 Å². The van der Waals surface area contributed by atoms with Gasteiger partial charge in [-0.15, -0.1) is 0 Å². The van der Waals surface area contributed by atoms with E-state index in [-0.39, 0.29) is 10.6 Å². The van der Waals surface area contributed by atoms with Crippen LogP contribution in [0.3, 0.4) is 0 Å². The first-order valence-electron chi connectivity index (χ1n) is 6.62. The van der Waals surface area contributed by atoms with Crippen LogP contribution < -0.4 is 5.73 Å². The molecule has 0 bridgehead atoms. The Morgan fingerprint density at radius 2 is 1.70 bits per heavy atom. The highest BCUT2D eigenvalue weighted by molar-refractivity contribution is 6.48. The lowest BCUT2D eigenvalue weighted by Gasteiger charge is -2.32. The third-order valence-corrected chi connectivity index (χ3v) is 4.55. The van der Waals surface area contributed by atoms with Crippen molar-refractivity contribution in [3.8, 4) is 0 Å². The van der Waals surface area contributed by atoms with E-state index in [0.29, 0.717) is 5.56 Å². The van der Waals surface area contributed by atoms with Crippen molar-refractivity contribution in [2.45, 2.75) is 51.8 Å². The van der Waals surface area contributed by atoms with E-state index in [0.717, 1.165) is 0 Å². The second kappa shape index (κ2) is 4.99. The average Bonchev–Trinajstić information content (AvgIpc) is 2.54. The van der Waals surface area contributed by atoms with Gasteiger partial charge in [0, 0.05) is 10.6 Å². The van der Waals surface area contributed by atoms with Crippen molar-refractivity contribution < 1.29 is 13.7 Å². The lowest BCUT2D eigenvalue weighted by atomic mass is 9.74. The summed E-state index contributed by atoms with van der Waals surface area (Å²) in [5.41, 5.74) is 5.85. The molecule has 1 atom stereocenters. The zero-order valence-corrected chi connectivity index (χ0v) is 13.2. The molecule has 1 fully saturated rings. The maximum Gasteiger partial charge on any atom is 0.480 e. The molecule has 2 N–H and O–H groups in total. The molecule has 110 valence electrons. The minimum absolute atomic E-state index is 0.241. The Morgan fingerprint density at radius 1 is 1.20 bits per heavy atom. The van der Waals surface area contributed by atoms with Crippen LogP contribution in [-0.4, -0.2) is 18.3 Å². The van der Waals surface area contributed by atoms with Gasteiger partial charge in [-0.05, 0) is 46.2 Å². The monoisotopic (exact) mass is 299 g/mol. The van der Waals surface area contributed by atoms with E-state index in [9.17, 15) is 4.39 Å². The van der Waals surface area contributed by atoms with Gasteiger partial charge in [0.05, 0.1) is 17.1 Å².